The first-order chi connectivity index (χ1) is 16.5. The van der Waals surface area contributed by atoms with E-state index in [0.717, 1.165) is 36.7 Å². The van der Waals surface area contributed by atoms with Crippen LogP contribution in [0.15, 0.2) is 59.8 Å². The summed E-state index contributed by atoms with van der Waals surface area (Å²) in [5.41, 5.74) is 3.31. The summed E-state index contributed by atoms with van der Waals surface area (Å²) in [5, 5.41) is 12.9. The molecule has 1 fully saturated rings. The molecular formula is C26H33N5O2S. The molecule has 1 unspecified atom stereocenters. The molecule has 3 aromatic rings. The topological polar surface area (TPSA) is 72.3 Å². The summed E-state index contributed by atoms with van der Waals surface area (Å²) in [7, 11) is 0. The Kier molecular flexibility index (Phi) is 8.24. The molecule has 0 radical (unpaired) electrons. The van der Waals surface area contributed by atoms with Gasteiger partial charge in [0.1, 0.15) is 0 Å². The first-order valence-electron chi connectivity index (χ1n) is 11.8. The fourth-order valence-electron chi connectivity index (χ4n) is 4.04. The number of morpholine rings is 1. The zero-order chi connectivity index (χ0) is 23.9. The average molecular weight is 480 g/mol. The van der Waals surface area contributed by atoms with E-state index in [1.54, 1.807) is 0 Å². The third-order valence-corrected chi connectivity index (χ3v) is 6.71. The van der Waals surface area contributed by atoms with Gasteiger partial charge in [0, 0.05) is 13.1 Å². The van der Waals surface area contributed by atoms with Gasteiger partial charge in [0.05, 0.1) is 30.7 Å². The van der Waals surface area contributed by atoms with Crippen LogP contribution in [0, 0.1) is 12.8 Å². The minimum Gasteiger partial charge on any atom is -0.378 e. The van der Waals surface area contributed by atoms with Gasteiger partial charge < -0.3 is 15.0 Å². The number of thioether (sulfide) groups is 1. The summed E-state index contributed by atoms with van der Waals surface area (Å²) in [6.07, 6.45) is 0.890. The van der Waals surface area contributed by atoms with Gasteiger partial charge in [-0.25, -0.2) is 0 Å². The molecule has 1 saturated heterocycles. The quantitative estimate of drug-likeness (QED) is 0.459. The number of benzene rings is 2. The summed E-state index contributed by atoms with van der Waals surface area (Å²) in [6, 6.07) is 18.5. The van der Waals surface area contributed by atoms with Crippen molar-refractivity contribution in [2.45, 2.75) is 38.4 Å². The summed E-state index contributed by atoms with van der Waals surface area (Å²) in [4.78, 5) is 15.2. The Morgan fingerprint density at radius 1 is 1.06 bits per heavy atom. The highest BCUT2D eigenvalue weighted by Crippen LogP contribution is 2.28. The summed E-state index contributed by atoms with van der Waals surface area (Å²) >= 11 is 1.41. The van der Waals surface area contributed by atoms with Gasteiger partial charge in [-0.3, -0.25) is 9.36 Å². The molecule has 180 valence electrons. The number of aryl methyl sites for hydroxylation is 1. The molecule has 0 aliphatic carbocycles. The Labute approximate surface area is 205 Å². The van der Waals surface area contributed by atoms with Gasteiger partial charge in [0.2, 0.25) is 11.9 Å². The van der Waals surface area contributed by atoms with Crippen molar-refractivity contribution in [2.24, 2.45) is 5.92 Å². The first kappa shape index (κ1) is 24.3. The molecule has 1 aliphatic rings. The van der Waals surface area contributed by atoms with E-state index < -0.39 is 0 Å². The monoisotopic (exact) mass is 479 g/mol. The second-order valence-electron chi connectivity index (χ2n) is 9.00. The summed E-state index contributed by atoms with van der Waals surface area (Å²) < 4.78 is 7.56. The van der Waals surface area contributed by atoms with Crippen molar-refractivity contribution < 1.29 is 9.53 Å². The molecule has 8 heteroatoms. The SMILES string of the molecule is Cc1ccc(-n2c(SCC(=O)NC(CC(C)C)c3ccccc3)nnc2N2CCOCC2)cc1. The smallest absolute Gasteiger partial charge is 0.232 e. The van der Waals surface area contributed by atoms with Gasteiger partial charge in [-0.2, -0.15) is 0 Å². The van der Waals surface area contributed by atoms with Crippen LogP contribution in [0.3, 0.4) is 0 Å². The van der Waals surface area contributed by atoms with E-state index in [0.29, 0.717) is 24.3 Å². The standard InChI is InChI=1S/C26H33N5O2S/c1-19(2)17-23(21-7-5-4-6-8-21)27-24(32)18-34-26-29-28-25(30-13-15-33-16-14-30)31(26)22-11-9-20(3)10-12-22/h4-12,19,23H,13-18H2,1-3H3,(H,27,32). The lowest BCUT2D eigenvalue weighted by Gasteiger charge is -2.28. The van der Waals surface area contributed by atoms with E-state index in [2.05, 4.69) is 77.6 Å². The van der Waals surface area contributed by atoms with Crippen LogP contribution in [0.4, 0.5) is 5.95 Å². The van der Waals surface area contributed by atoms with Gasteiger partial charge >= 0.3 is 0 Å². The molecule has 1 aromatic heterocycles. The number of anilines is 1. The third-order valence-electron chi connectivity index (χ3n) is 5.78. The van der Waals surface area contributed by atoms with Crippen LogP contribution >= 0.6 is 11.8 Å². The molecule has 4 rings (SSSR count). The highest BCUT2D eigenvalue weighted by molar-refractivity contribution is 7.99. The number of nitrogens with one attached hydrogen (secondary N) is 1. The Morgan fingerprint density at radius 2 is 1.76 bits per heavy atom. The van der Waals surface area contributed by atoms with Gasteiger partial charge in [-0.15, -0.1) is 10.2 Å². The minimum absolute atomic E-state index is 0.00632. The van der Waals surface area contributed by atoms with Crippen LogP contribution < -0.4 is 10.2 Å². The minimum atomic E-state index is -0.00844. The molecular weight excluding hydrogens is 446 g/mol. The van der Waals surface area contributed by atoms with Crippen LogP contribution in [0.5, 0.6) is 0 Å². The number of hydrogen-bond donors (Lipinski definition) is 1. The predicted octanol–water partition coefficient (Wildman–Crippen LogP) is 4.41. The lowest BCUT2D eigenvalue weighted by Crippen LogP contribution is -2.37. The van der Waals surface area contributed by atoms with E-state index in [1.807, 2.05) is 22.8 Å². The summed E-state index contributed by atoms with van der Waals surface area (Å²) in [5.74, 6) is 1.52. The van der Waals surface area contributed by atoms with Crippen molar-refractivity contribution in [2.75, 3.05) is 37.0 Å². The predicted molar refractivity (Wildman–Crippen MR) is 137 cm³/mol. The zero-order valence-electron chi connectivity index (χ0n) is 20.1. The van der Waals surface area contributed by atoms with Crippen LogP contribution in [0.25, 0.3) is 5.69 Å². The fourth-order valence-corrected chi connectivity index (χ4v) is 4.80. The number of rotatable bonds is 9. The number of carbonyl (C=O) groups excluding carboxylic acids is 1. The molecule has 7 nitrogen and oxygen atoms in total. The van der Waals surface area contributed by atoms with Crippen molar-refractivity contribution in [3.8, 4) is 5.69 Å². The number of nitrogens with zero attached hydrogens (tertiary/aromatic N) is 4. The highest BCUT2D eigenvalue weighted by atomic mass is 32.2. The maximum absolute atomic E-state index is 13.0. The van der Waals surface area contributed by atoms with E-state index >= 15 is 0 Å². The van der Waals surface area contributed by atoms with Crippen molar-refractivity contribution in [3.63, 3.8) is 0 Å². The number of ether oxygens (including phenoxy) is 1. The number of amides is 1. The van der Waals surface area contributed by atoms with Crippen molar-refractivity contribution >= 4 is 23.6 Å². The molecule has 1 aliphatic heterocycles. The Hall–Kier alpha value is -2.84. The van der Waals surface area contributed by atoms with Crippen LogP contribution in [-0.4, -0.2) is 52.7 Å². The first-order valence-corrected chi connectivity index (χ1v) is 12.8. The maximum atomic E-state index is 13.0. The molecule has 1 atom stereocenters. The normalized spacial score (nSPS) is 14.9. The van der Waals surface area contributed by atoms with E-state index in [9.17, 15) is 4.79 Å². The zero-order valence-corrected chi connectivity index (χ0v) is 20.9. The molecule has 2 heterocycles. The molecule has 0 saturated carbocycles. The molecule has 1 N–H and O–H groups in total. The molecule has 2 aromatic carbocycles. The van der Waals surface area contributed by atoms with Crippen molar-refractivity contribution in [1.82, 2.24) is 20.1 Å². The second kappa shape index (κ2) is 11.5. The van der Waals surface area contributed by atoms with Crippen molar-refractivity contribution in [1.29, 1.82) is 0 Å². The number of hydrogen-bond acceptors (Lipinski definition) is 6. The highest BCUT2D eigenvalue weighted by Gasteiger charge is 2.23. The lowest BCUT2D eigenvalue weighted by molar-refractivity contribution is -0.119. The van der Waals surface area contributed by atoms with Gasteiger partial charge in [-0.05, 0) is 37.0 Å². The fraction of sp³-hybridized carbons (Fsp3) is 0.423. The Bertz CT molecular complexity index is 1060. The molecule has 1 amide bonds. The molecule has 0 spiro atoms. The van der Waals surface area contributed by atoms with E-state index in [4.69, 9.17) is 4.74 Å². The second-order valence-corrected chi connectivity index (χ2v) is 9.94. The third kappa shape index (κ3) is 6.18. The van der Waals surface area contributed by atoms with Crippen molar-refractivity contribution in [3.05, 3.63) is 65.7 Å². The Balaban J connectivity index is 1.51. The Morgan fingerprint density at radius 3 is 2.44 bits per heavy atom. The van der Waals surface area contributed by atoms with Crippen LogP contribution in [0.2, 0.25) is 0 Å². The number of aromatic nitrogens is 3. The molecule has 34 heavy (non-hydrogen) atoms. The number of carbonyl (C=O) groups is 1. The summed E-state index contributed by atoms with van der Waals surface area (Å²) in [6.45, 7) is 9.29. The maximum Gasteiger partial charge on any atom is 0.232 e. The van der Waals surface area contributed by atoms with Crippen LogP contribution in [0.1, 0.15) is 37.4 Å². The largest absolute Gasteiger partial charge is 0.378 e. The van der Waals surface area contributed by atoms with Crippen LogP contribution in [-0.2, 0) is 9.53 Å². The molecule has 0 bridgehead atoms. The average Bonchev–Trinajstić information content (AvgIpc) is 3.27. The lowest BCUT2D eigenvalue weighted by atomic mass is 9.97. The van der Waals surface area contributed by atoms with E-state index in [1.165, 1.54) is 17.3 Å². The van der Waals surface area contributed by atoms with Gasteiger partial charge in [0.25, 0.3) is 0 Å². The van der Waals surface area contributed by atoms with E-state index in [-0.39, 0.29) is 17.7 Å². The van der Waals surface area contributed by atoms with Gasteiger partial charge in [-0.1, -0.05) is 73.6 Å². The van der Waals surface area contributed by atoms with Gasteiger partial charge in [0.15, 0.2) is 5.16 Å².